The lowest BCUT2D eigenvalue weighted by atomic mass is 10.0. The van der Waals surface area contributed by atoms with Crippen LogP contribution in [-0.4, -0.2) is 36.5 Å². The molecule has 0 spiro atoms. The van der Waals surface area contributed by atoms with E-state index in [1.54, 1.807) is 25.1 Å². The average molecular weight is 428 g/mol. The number of fused-ring (bicyclic) bond motifs is 1. The summed E-state index contributed by atoms with van der Waals surface area (Å²) in [6.07, 6.45) is 1.12. The fourth-order valence-electron chi connectivity index (χ4n) is 3.25. The summed E-state index contributed by atoms with van der Waals surface area (Å²) in [7, 11) is 1.46. The highest BCUT2D eigenvalue weighted by molar-refractivity contribution is 5.88. The van der Waals surface area contributed by atoms with E-state index >= 15 is 0 Å². The van der Waals surface area contributed by atoms with E-state index in [2.05, 4.69) is 0 Å². The molecule has 0 amide bonds. The number of carbonyl (C=O) groups is 1. The third-order valence-electron chi connectivity index (χ3n) is 4.67. The Morgan fingerprint density at radius 1 is 1.10 bits per heavy atom. The zero-order valence-electron chi connectivity index (χ0n) is 17.6. The number of methoxy groups -OCH3 is 1. The molecule has 1 heterocycles. The Morgan fingerprint density at radius 2 is 1.87 bits per heavy atom. The zero-order valence-corrected chi connectivity index (χ0v) is 17.6. The molecule has 0 aliphatic heterocycles. The van der Waals surface area contributed by atoms with Gasteiger partial charge in [-0.05, 0) is 31.5 Å². The minimum Gasteiger partial charge on any atom is -0.507 e. The van der Waals surface area contributed by atoms with Crippen molar-refractivity contribution in [2.45, 2.75) is 26.7 Å². The lowest BCUT2D eigenvalue weighted by Crippen LogP contribution is -2.14. The van der Waals surface area contributed by atoms with Gasteiger partial charge < -0.3 is 28.8 Å². The zero-order chi connectivity index (χ0) is 22.5. The topological polar surface area (TPSA) is 115 Å². The first-order valence-electron chi connectivity index (χ1n) is 9.88. The Bertz CT molecular complexity index is 1160. The summed E-state index contributed by atoms with van der Waals surface area (Å²) >= 11 is 0. The summed E-state index contributed by atoms with van der Waals surface area (Å²) in [5.74, 6) is -0.0923. The number of carbonyl (C=O) groups excluding carboxylic acids is 1. The van der Waals surface area contributed by atoms with E-state index in [0.717, 1.165) is 0 Å². The monoisotopic (exact) mass is 428 g/mol. The van der Waals surface area contributed by atoms with Gasteiger partial charge in [-0.2, -0.15) is 0 Å². The molecule has 8 nitrogen and oxygen atoms in total. The number of hydrogen-bond acceptors (Lipinski definition) is 8. The number of esters is 1. The molecule has 0 bridgehead atoms. The van der Waals surface area contributed by atoms with Crippen LogP contribution >= 0.6 is 0 Å². The molecule has 0 unspecified atom stereocenters. The van der Waals surface area contributed by atoms with E-state index in [9.17, 15) is 19.8 Å². The maximum atomic E-state index is 12.7. The Labute approximate surface area is 178 Å². The van der Waals surface area contributed by atoms with Gasteiger partial charge in [-0.25, -0.2) is 4.79 Å². The molecule has 2 N–H and O–H groups in total. The fraction of sp³-hybridized carbons (Fsp3) is 0.304. The molecule has 3 rings (SSSR count). The summed E-state index contributed by atoms with van der Waals surface area (Å²) in [6, 6.07) is 7.41. The lowest BCUT2D eigenvalue weighted by Gasteiger charge is -2.13. The summed E-state index contributed by atoms with van der Waals surface area (Å²) in [4.78, 5) is 24.3. The van der Waals surface area contributed by atoms with Crippen molar-refractivity contribution in [2.75, 3.05) is 20.3 Å². The molecule has 0 saturated carbocycles. The molecule has 1 aromatic heterocycles. The SMILES string of the molecule is CCCc1c(O)cc2oc(-c3ccc(OC)c(OCC(=O)OCC)c3)cc(=O)c2c1O. The van der Waals surface area contributed by atoms with E-state index in [1.165, 1.54) is 19.2 Å². The highest BCUT2D eigenvalue weighted by Crippen LogP contribution is 2.37. The number of ether oxygens (including phenoxy) is 3. The van der Waals surface area contributed by atoms with E-state index in [-0.39, 0.29) is 47.2 Å². The molecule has 0 aliphatic carbocycles. The van der Waals surface area contributed by atoms with Gasteiger partial charge in [0.2, 0.25) is 0 Å². The quantitative estimate of drug-likeness (QED) is 0.521. The van der Waals surface area contributed by atoms with Gasteiger partial charge in [0.05, 0.1) is 13.7 Å². The number of benzene rings is 2. The molecule has 164 valence electrons. The van der Waals surface area contributed by atoms with Crippen LogP contribution in [0.2, 0.25) is 0 Å². The third kappa shape index (κ3) is 4.58. The van der Waals surface area contributed by atoms with Gasteiger partial charge in [0.15, 0.2) is 23.5 Å². The average Bonchev–Trinajstić information content (AvgIpc) is 2.74. The van der Waals surface area contributed by atoms with Crippen molar-refractivity contribution in [3.05, 3.63) is 46.1 Å². The summed E-state index contributed by atoms with van der Waals surface area (Å²) in [5, 5.41) is 20.7. The van der Waals surface area contributed by atoms with Crippen molar-refractivity contribution in [3.63, 3.8) is 0 Å². The van der Waals surface area contributed by atoms with E-state index in [0.29, 0.717) is 29.7 Å². The molecule has 0 fully saturated rings. The summed E-state index contributed by atoms with van der Waals surface area (Å²) < 4.78 is 21.4. The van der Waals surface area contributed by atoms with Gasteiger partial charge in [-0.15, -0.1) is 0 Å². The van der Waals surface area contributed by atoms with Gasteiger partial charge in [-0.1, -0.05) is 13.3 Å². The molecular weight excluding hydrogens is 404 g/mol. The standard InChI is InChI=1S/C23H24O8/c1-4-6-14-15(24)10-20-22(23(14)27)16(25)11-18(31-20)13-7-8-17(28-3)19(9-13)30-12-21(26)29-5-2/h7-11,24,27H,4-6,12H2,1-3H3. The Morgan fingerprint density at radius 3 is 2.55 bits per heavy atom. The number of phenols is 2. The van der Waals surface area contributed by atoms with Crippen LogP contribution in [0.25, 0.3) is 22.3 Å². The highest BCUT2D eigenvalue weighted by Gasteiger charge is 2.18. The molecule has 0 aliphatic rings. The van der Waals surface area contributed by atoms with Crippen LogP contribution in [0, 0.1) is 0 Å². The smallest absolute Gasteiger partial charge is 0.344 e. The molecule has 31 heavy (non-hydrogen) atoms. The lowest BCUT2D eigenvalue weighted by molar-refractivity contribution is -0.145. The van der Waals surface area contributed by atoms with Crippen molar-refractivity contribution < 1.29 is 33.6 Å². The van der Waals surface area contributed by atoms with Crippen LogP contribution in [0.4, 0.5) is 0 Å². The second-order valence-corrected chi connectivity index (χ2v) is 6.78. The third-order valence-corrected chi connectivity index (χ3v) is 4.67. The Balaban J connectivity index is 2.05. The number of hydrogen-bond donors (Lipinski definition) is 2. The summed E-state index contributed by atoms with van der Waals surface area (Å²) in [5.41, 5.74) is 0.405. The van der Waals surface area contributed by atoms with Gasteiger partial charge in [0.25, 0.3) is 0 Å². The fourth-order valence-corrected chi connectivity index (χ4v) is 3.25. The second-order valence-electron chi connectivity index (χ2n) is 6.78. The van der Waals surface area contributed by atoms with E-state index in [1.807, 2.05) is 6.92 Å². The van der Waals surface area contributed by atoms with E-state index < -0.39 is 11.4 Å². The maximum absolute atomic E-state index is 12.7. The first-order valence-corrected chi connectivity index (χ1v) is 9.88. The number of rotatable bonds is 8. The molecule has 0 atom stereocenters. The van der Waals surface area contributed by atoms with Crippen molar-refractivity contribution in [2.24, 2.45) is 0 Å². The molecule has 0 radical (unpaired) electrons. The van der Waals surface area contributed by atoms with Crippen molar-refractivity contribution >= 4 is 16.9 Å². The highest BCUT2D eigenvalue weighted by atomic mass is 16.6. The largest absolute Gasteiger partial charge is 0.507 e. The van der Waals surface area contributed by atoms with Crippen LogP contribution < -0.4 is 14.9 Å². The molecule has 0 saturated heterocycles. The molecule has 8 heteroatoms. The van der Waals surface area contributed by atoms with E-state index in [4.69, 9.17) is 18.6 Å². The van der Waals surface area contributed by atoms with Crippen LogP contribution in [0.3, 0.4) is 0 Å². The number of aromatic hydroxyl groups is 2. The van der Waals surface area contributed by atoms with Crippen LogP contribution in [0.1, 0.15) is 25.8 Å². The van der Waals surface area contributed by atoms with Crippen LogP contribution in [0.5, 0.6) is 23.0 Å². The Hall–Kier alpha value is -3.68. The Kier molecular flexibility index (Phi) is 6.69. The number of phenolic OH excluding ortho intramolecular Hbond substituents is 2. The first-order chi connectivity index (χ1) is 14.9. The minimum atomic E-state index is -0.527. The van der Waals surface area contributed by atoms with Crippen molar-refractivity contribution in [1.29, 1.82) is 0 Å². The first kappa shape index (κ1) is 22.0. The molecule has 3 aromatic rings. The van der Waals surface area contributed by atoms with Gasteiger partial charge in [0.1, 0.15) is 28.2 Å². The van der Waals surface area contributed by atoms with Gasteiger partial charge >= 0.3 is 5.97 Å². The summed E-state index contributed by atoms with van der Waals surface area (Å²) in [6.45, 7) is 3.53. The normalized spacial score (nSPS) is 10.8. The molecular formula is C23H24O8. The predicted molar refractivity (Wildman–Crippen MR) is 114 cm³/mol. The van der Waals surface area contributed by atoms with Crippen molar-refractivity contribution in [3.8, 4) is 34.3 Å². The van der Waals surface area contributed by atoms with Gasteiger partial charge in [-0.3, -0.25) is 4.79 Å². The second kappa shape index (κ2) is 9.42. The van der Waals surface area contributed by atoms with Crippen LogP contribution in [-0.2, 0) is 16.0 Å². The maximum Gasteiger partial charge on any atom is 0.344 e. The predicted octanol–water partition coefficient (Wildman–Crippen LogP) is 3.77. The van der Waals surface area contributed by atoms with Gasteiger partial charge in [0, 0.05) is 23.3 Å². The van der Waals surface area contributed by atoms with Crippen LogP contribution in [0.15, 0.2) is 39.5 Å². The minimum absolute atomic E-state index is 0.0114. The molecule has 2 aromatic carbocycles. The van der Waals surface area contributed by atoms with Crippen molar-refractivity contribution in [1.82, 2.24) is 0 Å².